The van der Waals surface area contributed by atoms with E-state index in [1.54, 1.807) is 0 Å². The topological polar surface area (TPSA) is 38.9 Å². The Morgan fingerprint density at radius 3 is 2.37 bits per heavy atom. The Hall–Kier alpha value is -5.71. The van der Waals surface area contributed by atoms with Gasteiger partial charge in [0.1, 0.15) is 16.8 Å². The molecule has 2 unspecified atom stereocenters. The molecule has 3 nitrogen and oxygen atoms in total. The van der Waals surface area contributed by atoms with E-state index in [4.69, 9.17) is 14.4 Å². The van der Waals surface area contributed by atoms with Gasteiger partial charge in [-0.25, -0.2) is 9.97 Å². The lowest BCUT2D eigenvalue weighted by molar-refractivity contribution is 0.433. The van der Waals surface area contributed by atoms with Crippen molar-refractivity contribution in [2.24, 2.45) is 5.92 Å². The van der Waals surface area contributed by atoms with Gasteiger partial charge in [-0.05, 0) is 64.1 Å². The van der Waals surface area contributed by atoms with Crippen LogP contribution in [0.5, 0.6) is 0 Å². The second-order valence-corrected chi connectivity index (χ2v) is 13.9. The Morgan fingerprint density at radius 2 is 1.47 bits per heavy atom. The molecule has 4 heteroatoms. The second kappa shape index (κ2) is 11.2. The largest absolute Gasteiger partial charge is 0.452 e. The Morgan fingerprint density at radius 1 is 0.673 bits per heavy atom. The van der Waals surface area contributed by atoms with Crippen molar-refractivity contribution >= 4 is 44.6 Å². The van der Waals surface area contributed by atoms with Crippen LogP contribution in [0.1, 0.15) is 23.1 Å². The predicted octanol–water partition coefficient (Wildman–Crippen LogP) is 11.8. The summed E-state index contributed by atoms with van der Waals surface area (Å²) >= 11 is 1.83. The predicted molar refractivity (Wildman–Crippen MR) is 201 cm³/mol. The lowest BCUT2D eigenvalue weighted by Crippen LogP contribution is -2.40. The minimum Gasteiger partial charge on any atom is -0.452 e. The van der Waals surface area contributed by atoms with Gasteiger partial charge >= 0.3 is 0 Å². The molecule has 3 heterocycles. The van der Waals surface area contributed by atoms with E-state index in [2.05, 4.69) is 146 Å². The molecule has 0 spiro atoms. The molecule has 0 fully saturated rings. The first-order valence-electron chi connectivity index (χ1n) is 16.8. The zero-order chi connectivity index (χ0) is 32.4. The molecule has 0 saturated heterocycles. The first-order valence-corrected chi connectivity index (χ1v) is 17.6. The van der Waals surface area contributed by atoms with E-state index < -0.39 is 5.41 Å². The molecule has 6 aromatic carbocycles. The highest BCUT2D eigenvalue weighted by Crippen LogP contribution is 2.59. The number of fused-ring (bicyclic) bond motifs is 6. The third kappa shape index (κ3) is 4.30. The summed E-state index contributed by atoms with van der Waals surface area (Å²) in [7, 11) is 0. The first-order chi connectivity index (χ1) is 24.3. The highest BCUT2D eigenvalue weighted by molar-refractivity contribution is 7.99. The van der Waals surface area contributed by atoms with E-state index in [0.717, 1.165) is 45.1 Å². The van der Waals surface area contributed by atoms with Crippen LogP contribution in [0.4, 0.5) is 0 Å². The Labute approximate surface area is 288 Å². The van der Waals surface area contributed by atoms with E-state index in [-0.39, 0.29) is 5.92 Å². The Bertz CT molecular complexity index is 2640. The highest BCUT2D eigenvalue weighted by Gasteiger charge is 2.48. The molecule has 2 atom stereocenters. The number of benzene rings is 6. The average molecular weight is 647 g/mol. The van der Waals surface area contributed by atoms with Crippen molar-refractivity contribution in [2.45, 2.75) is 21.6 Å². The van der Waals surface area contributed by atoms with Crippen molar-refractivity contribution in [1.29, 1.82) is 0 Å². The number of hydrogen-bond donors (Lipinski definition) is 0. The van der Waals surface area contributed by atoms with E-state index in [1.807, 2.05) is 30.0 Å². The van der Waals surface area contributed by atoms with Gasteiger partial charge in [-0.15, -0.1) is 0 Å². The third-order valence-electron chi connectivity index (χ3n) is 10.2. The Balaban J connectivity index is 1.28. The molecule has 2 aromatic heterocycles. The number of nitrogens with zero attached hydrogens (tertiary/aromatic N) is 2. The van der Waals surface area contributed by atoms with E-state index in [1.165, 1.54) is 31.9 Å². The zero-order valence-electron chi connectivity index (χ0n) is 26.6. The van der Waals surface area contributed by atoms with Gasteiger partial charge in [0.15, 0.2) is 11.4 Å². The van der Waals surface area contributed by atoms with Crippen molar-refractivity contribution in [2.75, 3.05) is 0 Å². The van der Waals surface area contributed by atoms with Gasteiger partial charge in [-0.2, -0.15) is 0 Å². The fourth-order valence-electron chi connectivity index (χ4n) is 8.04. The number of para-hydroxylation sites is 1. The lowest BCUT2D eigenvalue weighted by atomic mass is 9.60. The lowest BCUT2D eigenvalue weighted by Gasteiger charge is -2.46. The molecule has 8 aromatic rings. The number of furan rings is 1. The summed E-state index contributed by atoms with van der Waals surface area (Å²) in [5.74, 6) is 0.928. The summed E-state index contributed by atoms with van der Waals surface area (Å²) in [6.07, 6.45) is 10.0. The highest BCUT2D eigenvalue weighted by atomic mass is 32.2. The summed E-state index contributed by atoms with van der Waals surface area (Å²) in [5.41, 5.74) is 8.71. The summed E-state index contributed by atoms with van der Waals surface area (Å²) in [5, 5.41) is 3.34. The normalized spacial score (nSPS) is 18.2. The molecule has 0 saturated carbocycles. The smallest absolute Gasteiger partial charge is 0.180 e. The number of rotatable bonds is 4. The fourth-order valence-corrected chi connectivity index (χ4v) is 9.35. The summed E-state index contributed by atoms with van der Waals surface area (Å²) in [6.45, 7) is 0. The van der Waals surface area contributed by atoms with Crippen molar-refractivity contribution in [1.82, 2.24) is 9.97 Å². The van der Waals surface area contributed by atoms with Gasteiger partial charge in [0, 0.05) is 26.3 Å². The first kappa shape index (κ1) is 28.3. The van der Waals surface area contributed by atoms with Gasteiger partial charge in [0.25, 0.3) is 0 Å². The summed E-state index contributed by atoms with van der Waals surface area (Å²) < 4.78 is 6.53. The van der Waals surface area contributed by atoms with Crippen LogP contribution in [0.25, 0.3) is 55.5 Å². The molecule has 2 aliphatic rings. The molecule has 1 aliphatic carbocycles. The number of allylic oxidation sites excluding steroid dienone is 4. The molecule has 1 aliphatic heterocycles. The molecule has 0 bridgehead atoms. The van der Waals surface area contributed by atoms with Gasteiger partial charge in [0.2, 0.25) is 0 Å². The van der Waals surface area contributed by atoms with E-state index in [0.29, 0.717) is 11.4 Å². The van der Waals surface area contributed by atoms with Crippen LogP contribution >= 0.6 is 11.8 Å². The molecular weight excluding hydrogens is 617 g/mol. The number of aromatic nitrogens is 2. The summed E-state index contributed by atoms with van der Waals surface area (Å²) in [6, 6.07) is 49.8. The minimum absolute atomic E-state index is 0.227. The van der Waals surface area contributed by atoms with Crippen LogP contribution in [0.3, 0.4) is 0 Å². The molecule has 10 rings (SSSR count). The van der Waals surface area contributed by atoms with Gasteiger partial charge < -0.3 is 4.42 Å². The third-order valence-corrected chi connectivity index (χ3v) is 11.4. The van der Waals surface area contributed by atoms with Crippen molar-refractivity contribution in [3.63, 3.8) is 0 Å². The van der Waals surface area contributed by atoms with Crippen LogP contribution in [0.2, 0.25) is 0 Å². The molecule has 0 amide bonds. The van der Waals surface area contributed by atoms with Crippen LogP contribution in [-0.4, -0.2) is 9.97 Å². The minimum atomic E-state index is -0.399. The van der Waals surface area contributed by atoms with E-state index >= 15 is 0 Å². The Kier molecular flexibility index (Phi) is 6.46. The zero-order valence-corrected chi connectivity index (χ0v) is 27.4. The second-order valence-electron chi connectivity index (χ2n) is 12.8. The van der Waals surface area contributed by atoms with Crippen molar-refractivity contribution in [3.05, 3.63) is 181 Å². The van der Waals surface area contributed by atoms with E-state index in [9.17, 15) is 0 Å². The van der Waals surface area contributed by atoms with Crippen LogP contribution in [0, 0.1) is 5.92 Å². The van der Waals surface area contributed by atoms with Crippen molar-refractivity contribution in [3.8, 4) is 22.6 Å². The monoisotopic (exact) mass is 646 g/mol. The molecular formula is C45H30N2OS. The maximum absolute atomic E-state index is 6.53. The van der Waals surface area contributed by atoms with Gasteiger partial charge in [-0.1, -0.05) is 151 Å². The molecule has 0 radical (unpaired) electrons. The molecule has 49 heavy (non-hydrogen) atoms. The van der Waals surface area contributed by atoms with Crippen LogP contribution < -0.4 is 0 Å². The average Bonchev–Trinajstić information content (AvgIpc) is 3.55. The van der Waals surface area contributed by atoms with Crippen molar-refractivity contribution < 1.29 is 4.42 Å². The summed E-state index contributed by atoms with van der Waals surface area (Å²) in [4.78, 5) is 13.2. The van der Waals surface area contributed by atoms with Crippen LogP contribution in [-0.2, 0) is 5.41 Å². The van der Waals surface area contributed by atoms with Gasteiger partial charge in [-0.3, -0.25) is 0 Å². The van der Waals surface area contributed by atoms with Crippen LogP contribution in [0.15, 0.2) is 178 Å². The maximum atomic E-state index is 6.53. The number of hydrogen-bond acceptors (Lipinski definition) is 4. The standard InChI is InChI=1S/C45H30N2OS/c1-3-16-32(17-4-1)45(33-18-5-2-6-19-33)36-22-10-12-25-39(36)49-43-35(21-13-23-37(43)45)44-46-40(31-27-26-29-14-7-8-15-30(29)28-31)42-41(47-44)34-20-9-11-24-38(34)48-42/h1-18,20-28,33H,19H2. The molecule has 0 N–H and O–H groups in total. The fraction of sp³-hybridized carbons (Fsp3) is 0.0667. The maximum Gasteiger partial charge on any atom is 0.180 e. The SMILES string of the molecule is C1=CCC(C2(c3ccccc3)c3ccccc3Sc3c(-c4nc(-c5ccc6ccccc6c5)c5oc6ccccc6c5n4)cccc32)C=C1. The molecule has 232 valence electrons. The quantitative estimate of drug-likeness (QED) is 0.191. The van der Waals surface area contributed by atoms with Gasteiger partial charge in [0.05, 0.1) is 5.41 Å².